The summed E-state index contributed by atoms with van der Waals surface area (Å²) < 4.78 is 25.1. The molecule has 47 heavy (non-hydrogen) atoms. The molecule has 244 valence electrons. The molecule has 2 atom stereocenters. The molecule has 3 aliphatic rings. The van der Waals surface area contributed by atoms with E-state index in [1.807, 2.05) is 4.90 Å². The van der Waals surface area contributed by atoms with Gasteiger partial charge in [0.2, 0.25) is 11.8 Å². The van der Waals surface area contributed by atoms with E-state index in [1.165, 1.54) is 17.3 Å². The van der Waals surface area contributed by atoms with Crippen molar-refractivity contribution in [1.82, 2.24) is 34.6 Å². The van der Waals surface area contributed by atoms with Crippen LogP contribution >= 0.6 is 0 Å². The molecular formula is C36H40FN7O3. The molecule has 4 aromatic rings. The summed E-state index contributed by atoms with van der Waals surface area (Å²) in [7, 11) is 1.61. The van der Waals surface area contributed by atoms with E-state index in [4.69, 9.17) is 19.4 Å². The van der Waals surface area contributed by atoms with Gasteiger partial charge in [0.25, 0.3) is 5.91 Å². The fourth-order valence-electron chi connectivity index (χ4n) is 7.12. The number of nitrogens with zero attached hydrogens (tertiary/aromatic N) is 7. The van der Waals surface area contributed by atoms with Gasteiger partial charge in [0, 0.05) is 75.6 Å². The van der Waals surface area contributed by atoms with Crippen molar-refractivity contribution in [2.45, 2.75) is 43.3 Å². The van der Waals surface area contributed by atoms with Crippen molar-refractivity contribution in [2.75, 3.05) is 53.1 Å². The summed E-state index contributed by atoms with van der Waals surface area (Å²) in [6.07, 6.45) is 6.72. The Hall–Kier alpha value is -4.48. The van der Waals surface area contributed by atoms with Crippen molar-refractivity contribution in [3.05, 3.63) is 107 Å². The third kappa shape index (κ3) is 6.82. The van der Waals surface area contributed by atoms with Crippen LogP contribution in [0.3, 0.4) is 0 Å². The fraction of sp³-hybridized carbons (Fsp3) is 0.417. The van der Waals surface area contributed by atoms with E-state index >= 15 is 0 Å². The third-order valence-electron chi connectivity index (χ3n) is 9.42. The molecular weight excluding hydrogens is 597 g/mol. The molecule has 2 aromatic heterocycles. The average molecular weight is 638 g/mol. The number of piperazine rings is 2. The van der Waals surface area contributed by atoms with E-state index in [-0.39, 0.29) is 36.4 Å². The van der Waals surface area contributed by atoms with Crippen LogP contribution in [-0.4, -0.2) is 106 Å². The van der Waals surface area contributed by atoms with Gasteiger partial charge in [0.15, 0.2) is 0 Å². The van der Waals surface area contributed by atoms with Crippen molar-refractivity contribution in [1.29, 1.82) is 0 Å². The highest BCUT2D eigenvalue weighted by atomic mass is 19.1. The number of aromatic nitrogens is 4. The van der Waals surface area contributed by atoms with E-state index in [0.717, 1.165) is 31.5 Å². The summed E-state index contributed by atoms with van der Waals surface area (Å²) in [5.41, 5.74) is 3.55. The molecule has 2 unspecified atom stereocenters. The first kappa shape index (κ1) is 31.1. The Morgan fingerprint density at radius 2 is 1.66 bits per heavy atom. The maximum Gasteiger partial charge on any atom is 0.274 e. The minimum atomic E-state index is -0.612. The van der Waals surface area contributed by atoms with E-state index in [0.29, 0.717) is 49.5 Å². The number of carbonyl (C=O) groups is 1. The molecule has 1 aliphatic carbocycles. The zero-order valence-corrected chi connectivity index (χ0v) is 26.6. The average Bonchev–Trinajstić information content (AvgIpc) is 3.98. The van der Waals surface area contributed by atoms with Gasteiger partial charge in [-0.3, -0.25) is 19.6 Å². The van der Waals surface area contributed by atoms with Gasteiger partial charge in [-0.15, -0.1) is 0 Å². The quantitative estimate of drug-likeness (QED) is 0.238. The lowest BCUT2D eigenvalue weighted by molar-refractivity contribution is -0.0293. The second kappa shape index (κ2) is 14.1. The van der Waals surface area contributed by atoms with Crippen LogP contribution in [-0.2, 0) is 6.54 Å². The maximum atomic E-state index is 13.5. The van der Waals surface area contributed by atoms with Crippen molar-refractivity contribution in [3.63, 3.8) is 0 Å². The minimum Gasteiger partial charge on any atom is -0.481 e. The molecule has 1 amide bonds. The van der Waals surface area contributed by atoms with Crippen LogP contribution in [0.2, 0.25) is 0 Å². The maximum absolute atomic E-state index is 13.5. The van der Waals surface area contributed by atoms with E-state index in [1.54, 1.807) is 19.5 Å². The predicted molar refractivity (Wildman–Crippen MR) is 174 cm³/mol. The van der Waals surface area contributed by atoms with Crippen LogP contribution in [0, 0.1) is 0 Å². The predicted octanol–water partition coefficient (Wildman–Crippen LogP) is 4.34. The Morgan fingerprint density at radius 3 is 2.30 bits per heavy atom. The van der Waals surface area contributed by atoms with Gasteiger partial charge in [0.1, 0.15) is 24.8 Å². The standard InChI is InChI=1S/C36H40FN7O3/c1-46-34-29(35(47-19-14-37)41-33(40-34)27-12-13-27)23-42-21-28-22-43(36(45)30-20-38-15-16-39-30)17-18-44(28)31(24-42)32(25-8-4-2-5-9-25)26-10-6-3-7-11-26/h2-11,15-16,20,27-28,31-32H,12-14,17-19,21-24H2,1H3. The Bertz CT molecular complexity index is 1610. The van der Waals surface area contributed by atoms with Crippen molar-refractivity contribution >= 4 is 5.91 Å². The zero-order valence-electron chi connectivity index (χ0n) is 26.6. The number of carbonyl (C=O) groups excluding carboxylic acids is 1. The van der Waals surface area contributed by atoms with E-state index in [2.05, 4.69) is 80.4 Å². The van der Waals surface area contributed by atoms with Gasteiger partial charge < -0.3 is 14.4 Å². The summed E-state index contributed by atoms with van der Waals surface area (Å²) >= 11 is 0. The largest absolute Gasteiger partial charge is 0.481 e. The zero-order chi connectivity index (χ0) is 32.2. The highest BCUT2D eigenvalue weighted by molar-refractivity contribution is 5.92. The van der Waals surface area contributed by atoms with Crippen molar-refractivity contribution < 1.29 is 18.7 Å². The SMILES string of the molecule is COc1nc(C2CC2)nc(OCCF)c1CN1CC2CN(C(=O)c3cnccn3)CCN2C(C(c2ccccc2)c2ccccc2)C1. The highest BCUT2D eigenvalue weighted by Gasteiger charge is 2.44. The minimum absolute atomic E-state index is 0.0471. The Balaban J connectivity index is 1.25. The number of ether oxygens (including phenoxy) is 2. The number of fused-ring (bicyclic) bond motifs is 1. The number of amides is 1. The molecule has 0 bridgehead atoms. The summed E-state index contributed by atoms with van der Waals surface area (Å²) in [5, 5.41) is 0. The lowest BCUT2D eigenvalue weighted by Crippen LogP contribution is -2.67. The molecule has 2 saturated heterocycles. The van der Waals surface area contributed by atoms with Crippen LogP contribution < -0.4 is 9.47 Å². The number of rotatable bonds is 11. The number of hydrogen-bond acceptors (Lipinski definition) is 9. The normalized spacial score (nSPS) is 20.2. The van der Waals surface area contributed by atoms with Gasteiger partial charge in [-0.05, 0) is 24.0 Å². The van der Waals surface area contributed by atoms with Gasteiger partial charge in [-0.25, -0.2) is 9.37 Å². The van der Waals surface area contributed by atoms with Crippen LogP contribution in [0.5, 0.6) is 11.8 Å². The lowest BCUT2D eigenvalue weighted by Gasteiger charge is -2.53. The van der Waals surface area contributed by atoms with Gasteiger partial charge in [-0.2, -0.15) is 9.97 Å². The van der Waals surface area contributed by atoms with Crippen molar-refractivity contribution in [2.24, 2.45) is 0 Å². The second-order valence-electron chi connectivity index (χ2n) is 12.5. The molecule has 11 heteroatoms. The Kier molecular flexibility index (Phi) is 9.34. The third-order valence-corrected chi connectivity index (χ3v) is 9.42. The molecule has 2 aromatic carbocycles. The van der Waals surface area contributed by atoms with Gasteiger partial charge >= 0.3 is 0 Å². The van der Waals surface area contributed by atoms with Crippen LogP contribution in [0.1, 0.15) is 57.7 Å². The fourth-order valence-corrected chi connectivity index (χ4v) is 7.12. The lowest BCUT2D eigenvalue weighted by atomic mass is 9.81. The highest BCUT2D eigenvalue weighted by Crippen LogP contribution is 2.41. The molecule has 0 spiro atoms. The second-order valence-corrected chi connectivity index (χ2v) is 12.5. The van der Waals surface area contributed by atoms with Crippen molar-refractivity contribution in [3.8, 4) is 11.8 Å². The summed E-state index contributed by atoms with van der Waals surface area (Å²) in [6.45, 7) is 3.11. The van der Waals surface area contributed by atoms with E-state index < -0.39 is 6.67 Å². The topological polar surface area (TPSA) is 96.8 Å². The molecule has 7 rings (SSSR count). The molecule has 0 N–H and O–H groups in total. The van der Waals surface area contributed by atoms with Crippen LogP contribution in [0.4, 0.5) is 4.39 Å². The first-order chi connectivity index (χ1) is 23.1. The molecule has 1 saturated carbocycles. The summed E-state index contributed by atoms with van der Waals surface area (Å²) in [5.74, 6) is 1.82. The number of hydrogen-bond donors (Lipinski definition) is 0. The molecule has 10 nitrogen and oxygen atoms in total. The van der Waals surface area contributed by atoms with E-state index in [9.17, 15) is 9.18 Å². The number of halogens is 1. The number of benzene rings is 2. The van der Waals surface area contributed by atoms with Crippen LogP contribution in [0.15, 0.2) is 79.3 Å². The monoisotopic (exact) mass is 637 g/mol. The molecule has 2 aliphatic heterocycles. The Morgan fingerprint density at radius 1 is 0.936 bits per heavy atom. The summed E-state index contributed by atoms with van der Waals surface area (Å²) in [4.78, 5) is 38.4. The van der Waals surface area contributed by atoms with Gasteiger partial charge in [-0.1, -0.05) is 60.7 Å². The number of alkyl halides is 1. The smallest absolute Gasteiger partial charge is 0.274 e. The first-order valence-corrected chi connectivity index (χ1v) is 16.4. The summed E-state index contributed by atoms with van der Waals surface area (Å²) in [6, 6.07) is 21.4. The first-order valence-electron chi connectivity index (χ1n) is 16.4. The molecule has 3 fully saturated rings. The number of methoxy groups -OCH3 is 1. The Labute approximate surface area is 274 Å². The van der Waals surface area contributed by atoms with Gasteiger partial charge in [0.05, 0.1) is 18.9 Å². The molecule has 0 radical (unpaired) electrons. The molecule has 4 heterocycles. The van der Waals surface area contributed by atoms with Crippen LogP contribution in [0.25, 0.3) is 0 Å².